The van der Waals surface area contributed by atoms with Crippen molar-refractivity contribution >= 4 is 12.6 Å². The van der Waals surface area contributed by atoms with Crippen molar-refractivity contribution in [3.05, 3.63) is 24.3 Å². The molecule has 20 heavy (non-hydrogen) atoms. The summed E-state index contributed by atoms with van der Waals surface area (Å²) in [6, 6.07) is 6.97. The maximum Gasteiger partial charge on any atom is 0.488 e. The van der Waals surface area contributed by atoms with E-state index >= 15 is 0 Å². The van der Waals surface area contributed by atoms with Gasteiger partial charge < -0.3 is 14.8 Å². The van der Waals surface area contributed by atoms with Crippen molar-refractivity contribution in [3.8, 4) is 5.75 Å². The zero-order valence-electron chi connectivity index (χ0n) is 12.2. The first-order chi connectivity index (χ1) is 9.69. The summed E-state index contributed by atoms with van der Waals surface area (Å²) < 4.78 is 5.69. The average Bonchev–Trinajstić information content (AvgIpc) is 2.48. The van der Waals surface area contributed by atoms with E-state index in [1.807, 2.05) is 6.07 Å². The second-order valence-corrected chi connectivity index (χ2v) is 5.49. The van der Waals surface area contributed by atoms with Crippen LogP contribution in [0.2, 0.25) is 0 Å². The van der Waals surface area contributed by atoms with E-state index < -0.39 is 7.12 Å². The Hall–Kier alpha value is -1.04. The molecule has 0 aliphatic carbocycles. The zero-order chi connectivity index (χ0) is 14.4. The summed E-state index contributed by atoms with van der Waals surface area (Å²) in [5, 5.41) is 18.2. The fourth-order valence-corrected chi connectivity index (χ4v) is 2.68. The molecule has 1 heterocycles. The summed E-state index contributed by atoms with van der Waals surface area (Å²) in [7, 11) is -1.44. The fraction of sp³-hybridized carbons (Fsp3) is 0.600. The molecule has 0 amide bonds. The Morgan fingerprint density at radius 3 is 2.70 bits per heavy atom. The highest BCUT2D eigenvalue weighted by atomic mass is 16.5. The summed E-state index contributed by atoms with van der Waals surface area (Å²) in [6.07, 6.45) is 3.88. The van der Waals surface area contributed by atoms with Gasteiger partial charge in [-0.05, 0) is 49.4 Å². The van der Waals surface area contributed by atoms with Gasteiger partial charge in [0.2, 0.25) is 0 Å². The lowest BCUT2D eigenvalue weighted by Gasteiger charge is -2.31. The maximum atomic E-state index is 9.12. The maximum absolute atomic E-state index is 9.12. The summed E-state index contributed by atoms with van der Waals surface area (Å²) >= 11 is 0. The number of ether oxygens (including phenoxy) is 1. The van der Waals surface area contributed by atoms with Gasteiger partial charge in [0.25, 0.3) is 0 Å². The van der Waals surface area contributed by atoms with Gasteiger partial charge in [-0.1, -0.05) is 25.5 Å². The minimum Gasteiger partial charge on any atom is -0.492 e. The molecular weight excluding hydrogens is 253 g/mol. The monoisotopic (exact) mass is 277 g/mol. The second-order valence-electron chi connectivity index (χ2n) is 5.49. The highest BCUT2D eigenvalue weighted by Gasteiger charge is 2.17. The molecule has 1 aromatic carbocycles. The van der Waals surface area contributed by atoms with Gasteiger partial charge in [-0.15, -0.1) is 0 Å². The number of hydrogen-bond donors (Lipinski definition) is 2. The topological polar surface area (TPSA) is 52.9 Å². The van der Waals surface area contributed by atoms with Crippen LogP contribution in [-0.4, -0.2) is 48.3 Å². The lowest BCUT2D eigenvalue weighted by molar-refractivity contribution is 0.153. The summed E-state index contributed by atoms with van der Waals surface area (Å²) in [5.74, 6) is 1.59. The van der Waals surface area contributed by atoms with E-state index in [0.29, 0.717) is 17.8 Å². The van der Waals surface area contributed by atoms with Gasteiger partial charge >= 0.3 is 7.12 Å². The predicted molar refractivity (Wildman–Crippen MR) is 81.2 cm³/mol. The Labute approximate surface area is 121 Å². The molecule has 4 nitrogen and oxygen atoms in total. The SMILES string of the molecule is CCC1CCN(CCOc2cccc(B(O)O)c2)CC1. The molecule has 2 N–H and O–H groups in total. The lowest BCUT2D eigenvalue weighted by Crippen LogP contribution is -2.36. The lowest BCUT2D eigenvalue weighted by atomic mass is 9.80. The van der Waals surface area contributed by atoms with Gasteiger partial charge in [0.1, 0.15) is 12.4 Å². The Morgan fingerprint density at radius 2 is 2.05 bits per heavy atom. The van der Waals surface area contributed by atoms with Crippen LogP contribution >= 0.6 is 0 Å². The molecule has 0 unspecified atom stereocenters. The van der Waals surface area contributed by atoms with Crippen LogP contribution in [-0.2, 0) is 0 Å². The summed E-state index contributed by atoms with van der Waals surface area (Å²) in [6.45, 7) is 6.17. The highest BCUT2D eigenvalue weighted by molar-refractivity contribution is 6.58. The molecule has 1 aliphatic rings. The Kier molecular flexibility index (Phi) is 5.89. The number of nitrogens with zero attached hydrogens (tertiary/aromatic N) is 1. The highest BCUT2D eigenvalue weighted by Crippen LogP contribution is 2.19. The van der Waals surface area contributed by atoms with Crippen molar-refractivity contribution in [2.75, 3.05) is 26.2 Å². The molecule has 1 fully saturated rings. The van der Waals surface area contributed by atoms with Crippen molar-refractivity contribution in [2.45, 2.75) is 26.2 Å². The first-order valence-corrected chi connectivity index (χ1v) is 7.50. The Balaban J connectivity index is 1.72. The average molecular weight is 277 g/mol. The van der Waals surface area contributed by atoms with Gasteiger partial charge in [0.05, 0.1) is 0 Å². The number of rotatable bonds is 6. The zero-order valence-corrected chi connectivity index (χ0v) is 12.2. The molecular formula is C15H24BNO3. The molecule has 110 valence electrons. The number of piperidine rings is 1. The largest absolute Gasteiger partial charge is 0.492 e. The molecule has 2 rings (SSSR count). The molecule has 1 aromatic rings. The molecule has 5 heteroatoms. The third kappa shape index (κ3) is 4.51. The van der Waals surface area contributed by atoms with Crippen LogP contribution in [0.15, 0.2) is 24.3 Å². The van der Waals surface area contributed by atoms with Crippen LogP contribution in [0.1, 0.15) is 26.2 Å². The standard InChI is InChI=1S/C15H24BNO3/c1-2-13-6-8-17(9-7-13)10-11-20-15-5-3-4-14(12-15)16(18)19/h3-5,12-13,18-19H,2,6-11H2,1H3. The van der Waals surface area contributed by atoms with E-state index in [0.717, 1.165) is 25.6 Å². The summed E-state index contributed by atoms with van der Waals surface area (Å²) in [4.78, 5) is 2.44. The molecule has 0 radical (unpaired) electrons. The second kappa shape index (κ2) is 7.67. The molecule has 0 atom stereocenters. The van der Waals surface area contributed by atoms with Crippen molar-refractivity contribution in [1.82, 2.24) is 4.90 Å². The minimum absolute atomic E-state index is 0.464. The minimum atomic E-state index is -1.44. The van der Waals surface area contributed by atoms with Crippen LogP contribution in [0.5, 0.6) is 5.75 Å². The predicted octanol–water partition coefficient (Wildman–Crippen LogP) is 0.867. The van der Waals surface area contributed by atoms with Crippen molar-refractivity contribution in [1.29, 1.82) is 0 Å². The van der Waals surface area contributed by atoms with Gasteiger partial charge in [0.15, 0.2) is 0 Å². The first kappa shape index (κ1) is 15.4. The van der Waals surface area contributed by atoms with Crippen LogP contribution in [0.25, 0.3) is 0 Å². The first-order valence-electron chi connectivity index (χ1n) is 7.50. The fourth-order valence-electron chi connectivity index (χ4n) is 2.68. The van der Waals surface area contributed by atoms with Gasteiger partial charge in [-0.3, -0.25) is 4.90 Å². The van der Waals surface area contributed by atoms with Gasteiger partial charge in [-0.25, -0.2) is 0 Å². The van der Waals surface area contributed by atoms with Gasteiger partial charge in [0, 0.05) is 6.54 Å². The number of hydrogen-bond acceptors (Lipinski definition) is 4. The smallest absolute Gasteiger partial charge is 0.488 e. The van der Waals surface area contributed by atoms with Crippen LogP contribution < -0.4 is 10.2 Å². The molecule has 0 bridgehead atoms. The third-order valence-corrected chi connectivity index (χ3v) is 4.12. The van der Waals surface area contributed by atoms with Crippen molar-refractivity contribution < 1.29 is 14.8 Å². The van der Waals surface area contributed by atoms with Crippen LogP contribution in [0.3, 0.4) is 0 Å². The Morgan fingerprint density at radius 1 is 1.30 bits per heavy atom. The number of likely N-dealkylation sites (tertiary alicyclic amines) is 1. The van der Waals surface area contributed by atoms with Crippen LogP contribution in [0.4, 0.5) is 0 Å². The van der Waals surface area contributed by atoms with E-state index in [1.54, 1.807) is 18.2 Å². The van der Waals surface area contributed by atoms with Crippen molar-refractivity contribution in [2.24, 2.45) is 5.92 Å². The molecule has 1 aliphatic heterocycles. The van der Waals surface area contributed by atoms with E-state index in [2.05, 4.69) is 11.8 Å². The summed E-state index contributed by atoms with van der Waals surface area (Å²) in [5.41, 5.74) is 0.464. The quantitative estimate of drug-likeness (QED) is 0.758. The normalized spacial score (nSPS) is 17.1. The van der Waals surface area contributed by atoms with Crippen molar-refractivity contribution in [3.63, 3.8) is 0 Å². The molecule has 0 saturated carbocycles. The van der Waals surface area contributed by atoms with E-state index in [4.69, 9.17) is 14.8 Å². The third-order valence-electron chi connectivity index (χ3n) is 4.12. The Bertz CT molecular complexity index is 406. The van der Waals surface area contributed by atoms with E-state index in [1.165, 1.54) is 19.3 Å². The van der Waals surface area contributed by atoms with Gasteiger partial charge in [-0.2, -0.15) is 0 Å². The molecule has 0 spiro atoms. The van der Waals surface area contributed by atoms with E-state index in [-0.39, 0.29) is 0 Å². The van der Waals surface area contributed by atoms with Crippen LogP contribution in [0, 0.1) is 5.92 Å². The molecule has 0 aromatic heterocycles. The molecule has 1 saturated heterocycles. The van der Waals surface area contributed by atoms with E-state index in [9.17, 15) is 0 Å². The number of benzene rings is 1.